The van der Waals surface area contributed by atoms with Crippen molar-refractivity contribution in [1.29, 1.82) is 0 Å². The van der Waals surface area contributed by atoms with E-state index in [-0.39, 0.29) is 18.1 Å². The van der Waals surface area contributed by atoms with Crippen molar-refractivity contribution in [1.82, 2.24) is 5.32 Å². The zero-order valence-corrected chi connectivity index (χ0v) is 11.6. The minimum absolute atomic E-state index is 0.0202. The molecule has 2 unspecified atom stereocenters. The molecule has 1 amide bonds. The van der Waals surface area contributed by atoms with Gasteiger partial charge in [0.05, 0.1) is 6.42 Å². The summed E-state index contributed by atoms with van der Waals surface area (Å²) < 4.78 is 0. The molecule has 0 saturated heterocycles. The minimum atomic E-state index is 0.0202. The molecule has 3 nitrogen and oxygen atoms in total. The van der Waals surface area contributed by atoms with Crippen molar-refractivity contribution in [3.63, 3.8) is 0 Å². The average molecular weight is 261 g/mol. The van der Waals surface area contributed by atoms with Gasteiger partial charge >= 0.3 is 0 Å². The molecule has 1 fully saturated rings. The van der Waals surface area contributed by atoms with E-state index in [0.717, 1.165) is 12.8 Å². The Morgan fingerprint density at radius 1 is 1.32 bits per heavy atom. The number of benzene rings is 1. The smallest absolute Gasteiger partial charge is 0.224 e. The summed E-state index contributed by atoms with van der Waals surface area (Å²) >= 11 is 0. The quantitative estimate of drug-likeness (QED) is 0.875. The summed E-state index contributed by atoms with van der Waals surface area (Å²) in [4.78, 5) is 12.1. The van der Waals surface area contributed by atoms with Gasteiger partial charge in [0.15, 0.2) is 0 Å². The lowest BCUT2D eigenvalue weighted by Gasteiger charge is -2.31. The van der Waals surface area contributed by atoms with E-state index in [9.17, 15) is 9.90 Å². The van der Waals surface area contributed by atoms with Gasteiger partial charge < -0.3 is 10.4 Å². The fourth-order valence-electron chi connectivity index (χ4n) is 2.98. The average Bonchev–Trinajstić information content (AvgIpc) is 2.42. The lowest BCUT2D eigenvalue weighted by molar-refractivity contribution is -0.121. The van der Waals surface area contributed by atoms with E-state index in [0.29, 0.717) is 17.5 Å². The molecule has 0 aromatic heterocycles. The van der Waals surface area contributed by atoms with Crippen molar-refractivity contribution in [2.24, 2.45) is 5.92 Å². The molecule has 2 rings (SSSR count). The Balaban J connectivity index is 1.92. The van der Waals surface area contributed by atoms with Crippen molar-refractivity contribution in [3.05, 3.63) is 29.8 Å². The van der Waals surface area contributed by atoms with Gasteiger partial charge in [-0.3, -0.25) is 4.79 Å². The van der Waals surface area contributed by atoms with Gasteiger partial charge in [-0.15, -0.1) is 0 Å². The van der Waals surface area contributed by atoms with Gasteiger partial charge in [-0.05, 0) is 24.8 Å². The largest absolute Gasteiger partial charge is 0.508 e. The second kappa shape index (κ2) is 6.60. The molecular weight excluding hydrogens is 238 g/mol. The molecule has 0 bridgehead atoms. The lowest BCUT2D eigenvalue weighted by atomic mass is 9.83. The van der Waals surface area contributed by atoms with Crippen molar-refractivity contribution in [3.8, 4) is 5.75 Å². The maximum Gasteiger partial charge on any atom is 0.224 e. The summed E-state index contributed by atoms with van der Waals surface area (Å²) in [5, 5.41) is 12.8. The highest BCUT2D eigenvalue weighted by atomic mass is 16.3. The van der Waals surface area contributed by atoms with Crippen molar-refractivity contribution >= 4 is 5.91 Å². The van der Waals surface area contributed by atoms with Crippen LogP contribution in [0.3, 0.4) is 0 Å². The summed E-state index contributed by atoms with van der Waals surface area (Å²) in [6.45, 7) is 2.19. The van der Waals surface area contributed by atoms with Crippen LogP contribution in [0.5, 0.6) is 5.75 Å². The van der Waals surface area contributed by atoms with E-state index in [4.69, 9.17) is 0 Å². The van der Waals surface area contributed by atoms with Crippen LogP contribution < -0.4 is 5.32 Å². The Kier molecular flexibility index (Phi) is 4.83. The highest BCUT2D eigenvalue weighted by molar-refractivity contribution is 5.79. The van der Waals surface area contributed by atoms with Crippen molar-refractivity contribution < 1.29 is 9.90 Å². The van der Waals surface area contributed by atoms with E-state index in [1.165, 1.54) is 19.3 Å². The minimum Gasteiger partial charge on any atom is -0.508 e. The number of para-hydroxylation sites is 1. The molecule has 0 heterocycles. The summed E-state index contributed by atoms with van der Waals surface area (Å²) in [7, 11) is 0. The number of phenolic OH excluding ortho intramolecular Hbond substituents is 1. The summed E-state index contributed by atoms with van der Waals surface area (Å²) in [5.41, 5.74) is 0.698. The first-order chi connectivity index (χ1) is 9.20. The third kappa shape index (κ3) is 3.72. The first kappa shape index (κ1) is 13.9. The number of phenols is 1. The third-order valence-corrected chi connectivity index (χ3v) is 4.12. The Labute approximate surface area is 115 Å². The summed E-state index contributed by atoms with van der Waals surface area (Å²) in [6.07, 6.45) is 6.19. The predicted molar refractivity (Wildman–Crippen MR) is 76.0 cm³/mol. The molecule has 0 aliphatic heterocycles. The number of aromatic hydroxyl groups is 1. The SMILES string of the molecule is CCC1CCCCC1NC(=O)Cc1ccccc1O. The second-order valence-corrected chi connectivity index (χ2v) is 5.43. The number of rotatable bonds is 4. The topological polar surface area (TPSA) is 49.3 Å². The maximum absolute atomic E-state index is 12.1. The van der Waals surface area contributed by atoms with Gasteiger partial charge in [0, 0.05) is 11.6 Å². The first-order valence-corrected chi connectivity index (χ1v) is 7.27. The molecular formula is C16H23NO2. The second-order valence-electron chi connectivity index (χ2n) is 5.43. The Morgan fingerprint density at radius 2 is 2.05 bits per heavy atom. The van der Waals surface area contributed by atoms with Gasteiger partial charge in [-0.2, -0.15) is 0 Å². The molecule has 1 aliphatic rings. The van der Waals surface area contributed by atoms with Gasteiger partial charge in [0.1, 0.15) is 5.75 Å². The molecule has 1 saturated carbocycles. The van der Waals surface area contributed by atoms with E-state index in [1.54, 1.807) is 18.2 Å². The van der Waals surface area contributed by atoms with Crippen LogP contribution in [0.4, 0.5) is 0 Å². The number of nitrogens with one attached hydrogen (secondary N) is 1. The number of hydrogen-bond donors (Lipinski definition) is 2. The molecule has 19 heavy (non-hydrogen) atoms. The maximum atomic E-state index is 12.1. The van der Waals surface area contributed by atoms with Crippen LogP contribution in [0.1, 0.15) is 44.6 Å². The van der Waals surface area contributed by atoms with Gasteiger partial charge in [0.25, 0.3) is 0 Å². The molecule has 1 aromatic rings. The lowest BCUT2D eigenvalue weighted by Crippen LogP contribution is -2.42. The molecule has 1 aromatic carbocycles. The van der Waals surface area contributed by atoms with E-state index >= 15 is 0 Å². The molecule has 104 valence electrons. The fraction of sp³-hybridized carbons (Fsp3) is 0.562. The molecule has 2 N–H and O–H groups in total. The number of carbonyl (C=O) groups excluding carboxylic acids is 1. The van der Waals surface area contributed by atoms with Gasteiger partial charge in [0.2, 0.25) is 5.91 Å². The molecule has 0 radical (unpaired) electrons. The third-order valence-electron chi connectivity index (χ3n) is 4.12. The summed E-state index contributed by atoms with van der Waals surface area (Å²) in [6, 6.07) is 7.35. The zero-order chi connectivity index (χ0) is 13.7. The van der Waals surface area contributed by atoms with E-state index in [1.807, 2.05) is 6.07 Å². The van der Waals surface area contributed by atoms with Crippen LogP contribution in [0.15, 0.2) is 24.3 Å². The molecule has 2 atom stereocenters. The standard InChI is InChI=1S/C16H23NO2/c1-2-12-7-3-5-9-14(12)17-16(19)11-13-8-4-6-10-15(13)18/h4,6,8,10,12,14,18H,2-3,5,7,9,11H2,1H3,(H,17,19). The molecule has 1 aliphatic carbocycles. The van der Waals surface area contributed by atoms with Crippen LogP contribution in [-0.4, -0.2) is 17.1 Å². The van der Waals surface area contributed by atoms with Gasteiger partial charge in [-0.1, -0.05) is 44.4 Å². The zero-order valence-electron chi connectivity index (χ0n) is 11.6. The normalized spacial score (nSPS) is 23.0. The predicted octanol–water partition coefficient (Wildman–Crippen LogP) is 3.02. The fourth-order valence-corrected chi connectivity index (χ4v) is 2.98. The van der Waals surface area contributed by atoms with E-state index in [2.05, 4.69) is 12.2 Å². The molecule has 0 spiro atoms. The first-order valence-electron chi connectivity index (χ1n) is 7.27. The van der Waals surface area contributed by atoms with Crippen LogP contribution in [0, 0.1) is 5.92 Å². The van der Waals surface area contributed by atoms with Gasteiger partial charge in [-0.25, -0.2) is 0 Å². The van der Waals surface area contributed by atoms with Crippen LogP contribution in [-0.2, 0) is 11.2 Å². The highest BCUT2D eigenvalue weighted by Crippen LogP contribution is 2.27. The number of carbonyl (C=O) groups is 1. The van der Waals surface area contributed by atoms with Crippen LogP contribution in [0.25, 0.3) is 0 Å². The number of amides is 1. The summed E-state index contributed by atoms with van der Waals surface area (Å²) in [5.74, 6) is 0.835. The Morgan fingerprint density at radius 3 is 2.79 bits per heavy atom. The van der Waals surface area contributed by atoms with Crippen molar-refractivity contribution in [2.75, 3.05) is 0 Å². The number of hydrogen-bond acceptors (Lipinski definition) is 2. The monoisotopic (exact) mass is 261 g/mol. The van der Waals surface area contributed by atoms with Crippen LogP contribution in [0.2, 0.25) is 0 Å². The van der Waals surface area contributed by atoms with Crippen molar-refractivity contribution in [2.45, 2.75) is 51.5 Å². The Hall–Kier alpha value is -1.51. The van der Waals surface area contributed by atoms with Crippen LogP contribution >= 0.6 is 0 Å². The molecule has 3 heteroatoms. The highest BCUT2D eigenvalue weighted by Gasteiger charge is 2.25. The van der Waals surface area contributed by atoms with E-state index < -0.39 is 0 Å². The Bertz CT molecular complexity index is 431.